The summed E-state index contributed by atoms with van der Waals surface area (Å²) < 4.78 is 5.25. The highest BCUT2D eigenvalue weighted by molar-refractivity contribution is 6.30. The van der Waals surface area contributed by atoms with Crippen LogP contribution in [0.2, 0.25) is 5.02 Å². The Balaban J connectivity index is 2.43. The van der Waals surface area contributed by atoms with Crippen LogP contribution < -0.4 is 0 Å². The number of aromatic nitrogens is 2. The SMILES string of the molecule is CCc1nnc(/C(=C/c2cccc(Cl)c2)C(=O)O)o1. The smallest absolute Gasteiger partial charge is 0.341 e. The number of carbonyl (C=O) groups is 1. The maximum atomic E-state index is 11.3. The number of carboxylic acid groups (broad SMARTS) is 1. The second kappa shape index (κ2) is 5.67. The van der Waals surface area contributed by atoms with Crippen LogP contribution in [0, 0.1) is 0 Å². The van der Waals surface area contributed by atoms with Crippen molar-refractivity contribution in [1.82, 2.24) is 10.2 Å². The van der Waals surface area contributed by atoms with E-state index < -0.39 is 5.97 Å². The molecule has 0 aliphatic heterocycles. The largest absolute Gasteiger partial charge is 0.477 e. The Morgan fingerprint density at radius 1 is 1.47 bits per heavy atom. The third-order valence-corrected chi connectivity index (χ3v) is 2.62. The summed E-state index contributed by atoms with van der Waals surface area (Å²) in [6, 6.07) is 6.84. The Kier molecular flexibility index (Phi) is 3.97. The number of hydrogen-bond donors (Lipinski definition) is 1. The molecule has 6 heteroatoms. The Hall–Kier alpha value is -2.14. The van der Waals surface area contributed by atoms with Gasteiger partial charge in [-0.15, -0.1) is 10.2 Å². The summed E-state index contributed by atoms with van der Waals surface area (Å²) in [6.07, 6.45) is 2.00. The maximum absolute atomic E-state index is 11.3. The lowest BCUT2D eigenvalue weighted by molar-refractivity contribution is -0.130. The van der Waals surface area contributed by atoms with Crippen molar-refractivity contribution < 1.29 is 14.3 Å². The lowest BCUT2D eigenvalue weighted by Gasteiger charge is -1.98. The van der Waals surface area contributed by atoms with Gasteiger partial charge in [0.15, 0.2) is 0 Å². The number of nitrogens with zero attached hydrogens (tertiary/aromatic N) is 2. The van der Waals surface area contributed by atoms with Gasteiger partial charge in [-0.25, -0.2) is 4.79 Å². The van der Waals surface area contributed by atoms with E-state index in [9.17, 15) is 9.90 Å². The molecule has 0 unspecified atom stereocenters. The van der Waals surface area contributed by atoms with Crippen LogP contribution in [0.5, 0.6) is 0 Å². The fourth-order valence-corrected chi connectivity index (χ4v) is 1.68. The van der Waals surface area contributed by atoms with Gasteiger partial charge in [0, 0.05) is 11.4 Å². The molecule has 0 radical (unpaired) electrons. The predicted molar refractivity (Wildman–Crippen MR) is 70.6 cm³/mol. The number of hydrogen-bond acceptors (Lipinski definition) is 4. The van der Waals surface area contributed by atoms with Gasteiger partial charge in [0.1, 0.15) is 5.57 Å². The van der Waals surface area contributed by atoms with E-state index in [1.54, 1.807) is 24.3 Å². The van der Waals surface area contributed by atoms with E-state index >= 15 is 0 Å². The topological polar surface area (TPSA) is 76.2 Å². The molecule has 0 aliphatic rings. The van der Waals surface area contributed by atoms with Gasteiger partial charge in [0.2, 0.25) is 5.89 Å². The zero-order valence-corrected chi connectivity index (χ0v) is 10.9. The van der Waals surface area contributed by atoms with E-state index in [0.717, 1.165) is 0 Å². The molecule has 0 fully saturated rings. The van der Waals surface area contributed by atoms with Crippen LogP contribution in [0.3, 0.4) is 0 Å². The van der Waals surface area contributed by atoms with E-state index in [-0.39, 0.29) is 11.5 Å². The molecular formula is C13H11ClN2O3. The minimum atomic E-state index is -1.13. The standard InChI is InChI=1S/C13H11ClN2O3/c1-2-11-15-16-12(19-11)10(13(17)18)7-8-4-3-5-9(14)6-8/h3-7H,2H2,1H3,(H,17,18)/b10-7-. The summed E-state index contributed by atoms with van der Waals surface area (Å²) in [6.45, 7) is 1.85. The van der Waals surface area contributed by atoms with E-state index in [1.165, 1.54) is 6.08 Å². The molecule has 2 aromatic rings. The molecule has 0 spiro atoms. The monoisotopic (exact) mass is 278 g/mol. The second-order valence-electron chi connectivity index (χ2n) is 3.77. The van der Waals surface area contributed by atoms with E-state index in [1.807, 2.05) is 6.92 Å². The lowest BCUT2D eigenvalue weighted by Crippen LogP contribution is -2.00. The van der Waals surface area contributed by atoms with Crippen LogP contribution in [-0.2, 0) is 11.2 Å². The third kappa shape index (κ3) is 3.20. The minimum absolute atomic E-state index is 0.00988. The van der Waals surface area contributed by atoms with Gasteiger partial charge < -0.3 is 9.52 Å². The molecule has 0 saturated carbocycles. The number of halogens is 1. The van der Waals surface area contributed by atoms with Gasteiger partial charge in [0.25, 0.3) is 5.89 Å². The summed E-state index contributed by atoms with van der Waals surface area (Å²) in [5.74, 6) is -0.746. The molecule has 2 rings (SSSR count). The molecule has 98 valence electrons. The third-order valence-electron chi connectivity index (χ3n) is 2.39. The summed E-state index contributed by atoms with van der Waals surface area (Å²) in [7, 11) is 0. The highest BCUT2D eigenvalue weighted by Crippen LogP contribution is 2.19. The van der Waals surface area contributed by atoms with Crippen molar-refractivity contribution in [3.8, 4) is 0 Å². The van der Waals surface area contributed by atoms with Crippen LogP contribution in [0.15, 0.2) is 28.7 Å². The van der Waals surface area contributed by atoms with E-state index in [2.05, 4.69) is 10.2 Å². The van der Waals surface area contributed by atoms with Gasteiger partial charge in [-0.1, -0.05) is 30.7 Å². The number of aryl methyl sites for hydroxylation is 1. The normalized spacial score (nSPS) is 11.6. The molecule has 0 bridgehead atoms. The first-order valence-electron chi connectivity index (χ1n) is 5.63. The van der Waals surface area contributed by atoms with E-state index in [4.69, 9.17) is 16.0 Å². The molecule has 0 amide bonds. The van der Waals surface area contributed by atoms with Crippen LogP contribution in [0.1, 0.15) is 24.3 Å². The first kappa shape index (κ1) is 13.3. The Bertz CT molecular complexity index is 634. The molecule has 19 heavy (non-hydrogen) atoms. The summed E-state index contributed by atoms with van der Waals surface area (Å²) in [5, 5.41) is 17.2. The van der Waals surface area contributed by atoms with Crippen molar-refractivity contribution in [3.63, 3.8) is 0 Å². The molecule has 1 aromatic heterocycles. The highest BCUT2D eigenvalue weighted by atomic mass is 35.5. The molecule has 1 aromatic carbocycles. The average Bonchev–Trinajstić information content (AvgIpc) is 2.84. The van der Waals surface area contributed by atoms with Crippen molar-refractivity contribution >= 4 is 29.2 Å². The molecule has 0 aliphatic carbocycles. The molecule has 0 atom stereocenters. The Morgan fingerprint density at radius 3 is 2.84 bits per heavy atom. The number of aliphatic carboxylic acids is 1. The number of carboxylic acids is 1. The van der Waals surface area contributed by atoms with Gasteiger partial charge >= 0.3 is 5.97 Å². The van der Waals surface area contributed by atoms with Crippen LogP contribution in [0.25, 0.3) is 11.6 Å². The molecular weight excluding hydrogens is 268 g/mol. The molecule has 5 nitrogen and oxygen atoms in total. The number of rotatable bonds is 4. The Labute approximate surface area is 114 Å². The molecule has 1 N–H and O–H groups in total. The van der Waals surface area contributed by atoms with E-state index in [0.29, 0.717) is 22.9 Å². The first-order chi connectivity index (χ1) is 9.10. The zero-order valence-electron chi connectivity index (χ0n) is 10.1. The predicted octanol–water partition coefficient (Wildman–Crippen LogP) is 2.91. The van der Waals surface area contributed by atoms with Crippen LogP contribution >= 0.6 is 11.6 Å². The van der Waals surface area contributed by atoms with Crippen LogP contribution in [0.4, 0.5) is 0 Å². The van der Waals surface area contributed by atoms with Crippen LogP contribution in [-0.4, -0.2) is 21.3 Å². The highest BCUT2D eigenvalue weighted by Gasteiger charge is 2.17. The fraction of sp³-hybridized carbons (Fsp3) is 0.154. The summed E-state index contributed by atoms with van der Waals surface area (Å²) in [4.78, 5) is 11.3. The van der Waals surface area contributed by atoms with Gasteiger partial charge in [-0.05, 0) is 23.8 Å². The summed E-state index contributed by atoms with van der Waals surface area (Å²) >= 11 is 5.85. The number of benzene rings is 1. The van der Waals surface area contributed by atoms with Crippen molar-refractivity contribution in [1.29, 1.82) is 0 Å². The zero-order chi connectivity index (χ0) is 13.8. The quantitative estimate of drug-likeness (QED) is 0.870. The lowest BCUT2D eigenvalue weighted by atomic mass is 10.1. The fourth-order valence-electron chi connectivity index (χ4n) is 1.48. The van der Waals surface area contributed by atoms with Gasteiger partial charge in [-0.3, -0.25) is 0 Å². The van der Waals surface area contributed by atoms with Crippen molar-refractivity contribution in [2.24, 2.45) is 0 Å². The van der Waals surface area contributed by atoms with Gasteiger partial charge in [-0.2, -0.15) is 0 Å². The first-order valence-corrected chi connectivity index (χ1v) is 6.01. The minimum Gasteiger partial charge on any atom is -0.477 e. The van der Waals surface area contributed by atoms with Crippen molar-refractivity contribution in [3.05, 3.63) is 46.6 Å². The van der Waals surface area contributed by atoms with Crippen molar-refractivity contribution in [2.45, 2.75) is 13.3 Å². The maximum Gasteiger partial charge on any atom is 0.341 e. The van der Waals surface area contributed by atoms with Gasteiger partial charge in [0.05, 0.1) is 0 Å². The van der Waals surface area contributed by atoms with Crippen molar-refractivity contribution in [2.75, 3.05) is 0 Å². The average molecular weight is 279 g/mol. The molecule has 0 saturated heterocycles. The molecule has 1 heterocycles. The summed E-state index contributed by atoms with van der Waals surface area (Å²) in [5.41, 5.74) is 0.593. The Morgan fingerprint density at radius 2 is 2.26 bits per heavy atom. The second-order valence-corrected chi connectivity index (χ2v) is 4.21.